The minimum Gasteiger partial charge on any atom is -0.382 e. The number of benzene rings is 1. The third-order valence-electron chi connectivity index (χ3n) is 4.65. The van der Waals surface area contributed by atoms with Crippen molar-refractivity contribution in [2.45, 2.75) is 24.7 Å². The fraction of sp³-hybridized carbons (Fsp3) is 0.250. The molecule has 27 heavy (non-hydrogen) atoms. The quantitative estimate of drug-likeness (QED) is 0.729. The number of hydrogen-bond acceptors (Lipinski definition) is 6. The van der Waals surface area contributed by atoms with Gasteiger partial charge in [0.05, 0.1) is 22.5 Å². The number of nitrogens with zero attached hydrogens (tertiary/aromatic N) is 3. The highest BCUT2D eigenvalue weighted by Gasteiger charge is 2.29. The molecule has 0 spiro atoms. The summed E-state index contributed by atoms with van der Waals surface area (Å²) >= 11 is 0. The van der Waals surface area contributed by atoms with Crippen molar-refractivity contribution in [2.75, 3.05) is 11.5 Å². The topological polar surface area (TPSA) is 98.8 Å². The molecule has 0 unspecified atom stereocenters. The van der Waals surface area contributed by atoms with Crippen LogP contribution < -0.4 is 5.73 Å². The van der Waals surface area contributed by atoms with Crippen LogP contribution in [0, 0.1) is 12.8 Å². The zero-order chi connectivity index (χ0) is 19.0. The largest absolute Gasteiger partial charge is 0.382 e. The molecule has 0 saturated heterocycles. The second kappa shape index (κ2) is 6.74. The van der Waals surface area contributed by atoms with E-state index in [9.17, 15) is 8.42 Å². The first-order valence-corrected chi connectivity index (χ1v) is 10.5. The van der Waals surface area contributed by atoms with E-state index in [0.29, 0.717) is 28.0 Å². The zero-order valence-electron chi connectivity index (χ0n) is 15.0. The van der Waals surface area contributed by atoms with Gasteiger partial charge in [-0.15, -0.1) is 0 Å². The van der Waals surface area contributed by atoms with Crippen LogP contribution in [0.2, 0.25) is 0 Å². The molecule has 1 aliphatic rings. The maximum atomic E-state index is 12.4. The first-order chi connectivity index (χ1) is 12.9. The van der Waals surface area contributed by atoms with Gasteiger partial charge in [0.2, 0.25) is 0 Å². The van der Waals surface area contributed by atoms with E-state index < -0.39 is 9.84 Å². The fourth-order valence-corrected chi connectivity index (χ4v) is 4.58. The van der Waals surface area contributed by atoms with Gasteiger partial charge in [0, 0.05) is 23.0 Å². The molecule has 2 aromatic heterocycles. The molecule has 1 fully saturated rings. The second-order valence-corrected chi connectivity index (χ2v) is 8.96. The summed E-state index contributed by atoms with van der Waals surface area (Å²) < 4.78 is 24.8. The summed E-state index contributed by atoms with van der Waals surface area (Å²) in [6.07, 6.45) is 5.32. The molecule has 1 saturated carbocycles. The molecule has 6 nitrogen and oxygen atoms in total. The number of nitrogen functional groups attached to an aromatic ring is 1. The van der Waals surface area contributed by atoms with Crippen molar-refractivity contribution in [3.63, 3.8) is 0 Å². The summed E-state index contributed by atoms with van der Waals surface area (Å²) in [5.41, 5.74) is 9.66. The SMILES string of the molecule is Cc1ccc(-c2nc(-c3ccc(S(=O)(=O)CC4CC4)cc3)cnc2N)cn1. The van der Waals surface area contributed by atoms with Crippen LogP contribution in [0.4, 0.5) is 5.82 Å². The standard InChI is InChI=1S/C20H20N4O2S/c1-13-2-5-16(10-22-13)19-20(21)23-11-18(24-19)15-6-8-17(9-7-15)27(25,26)12-14-3-4-14/h2,5-11,14H,3-4,12H2,1H3,(H2,21,23). The smallest absolute Gasteiger partial charge is 0.178 e. The normalized spacial score (nSPS) is 14.3. The molecule has 0 amide bonds. The third-order valence-corrected chi connectivity index (χ3v) is 6.55. The molecule has 0 aliphatic heterocycles. The highest BCUT2D eigenvalue weighted by molar-refractivity contribution is 7.91. The third kappa shape index (κ3) is 3.83. The average Bonchev–Trinajstić information content (AvgIpc) is 3.46. The maximum absolute atomic E-state index is 12.4. The van der Waals surface area contributed by atoms with Gasteiger partial charge in [0.25, 0.3) is 0 Å². The lowest BCUT2D eigenvalue weighted by Crippen LogP contribution is -2.08. The fourth-order valence-electron chi connectivity index (χ4n) is 2.88. The van der Waals surface area contributed by atoms with E-state index in [0.717, 1.165) is 29.7 Å². The molecule has 2 heterocycles. The van der Waals surface area contributed by atoms with E-state index in [1.165, 1.54) is 0 Å². The van der Waals surface area contributed by atoms with Gasteiger partial charge >= 0.3 is 0 Å². The van der Waals surface area contributed by atoms with Crippen molar-refractivity contribution >= 4 is 15.7 Å². The van der Waals surface area contributed by atoms with Gasteiger partial charge in [-0.25, -0.2) is 18.4 Å². The Bertz CT molecular complexity index is 1070. The van der Waals surface area contributed by atoms with Crippen molar-refractivity contribution in [1.29, 1.82) is 0 Å². The molecule has 3 aromatic rings. The molecule has 1 aliphatic carbocycles. The predicted octanol–water partition coefficient (Wildman–Crippen LogP) is 3.28. The Kier molecular flexibility index (Phi) is 4.39. The van der Waals surface area contributed by atoms with Crippen LogP contribution >= 0.6 is 0 Å². The Balaban J connectivity index is 1.65. The number of rotatable bonds is 5. The Labute approximate surface area is 158 Å². The van der Waals surface area contributed by atoms with Crippen LogP contribution in [-0.4, -0.2) is 29.1 Å². The van der Waals surface area contributed by atoms with Crippen LogP contribution in [0.5, 0.6) is 0 Å². The lowest BCUT2D eigenvalue weighted by molar-refractivity contribution is 0.592. The van der Waals surface area contributed by atoms with E-state index in [-0.39, 0.29) is 5.75 Å². The average molecular weight is 380 g/mol. The minimum atomic E-state index is -3.22. The van der Waals surface area contributed by atoms with Crippen molar-refractivity contribution in [3.8, 4) is 22.5 Å². The number of aryl methyl sites for hydroxylation is 1. The van der Waals surface area contributed by atoms with Gasteiger partial charge in [-0.2, -0.15) is 0 Å². The Morgan fingerprint density at radius 2 is 1.70 bits per heavy atom. The van der Waals surface area contributed by atoms with Gasteiger partial charge in [-0.3, -0.25) is 4.98 Å². The Morgan fingerprint density at radius 1 is 1.00 bits per heavy atom. The summed E-state index contributed by atoms with van der Waals surface area (Å²) in [5, 5.41) is 0. The molecule has 0 bridgehead atoms. The number of pyridine rings is 1. The lowest BCUT2D eigenvalue weighted by Gasteiger charge is -2.08. The summed E-state index contributed by atoms with van der Waals surface area (Å²) in [6, 6.07) is 10.6. The van der Waals surface area contributed by atoms with E-state index in [1.54, 1.807) is 36.7 Å². The van der Waals surface area contributed by atoms with Crippen molar-refractivity contribution in [3.05, 3.63) is 54.5 Å². The van der Waals surface area contributed by atoms with Crippen LogP contribution in [0.1, 0.15) is 18.5 Å². The summed E-state index contributed by atoms with van der Waals surface area (Å²) in [7, 11) is -3.22. The summed E-state index contributed by atoms with van der Waals surface area (Å²) in [6.45, 7) is 1.91. The lowest BCUT2D eigenvalue weighted by atomic mass is 10.1. The number of sulfone groups is 1. The minimum absolute atomic E-state index is 0.235. The maximum Gasteiger partial charge on any atom is 0.178 e. The number of nitrogens with two attached hydrogens (primary N) is 1. The van der Waals surface area contributed by atoms with Crippen molar-refractivity contribution in [1.82, 2.24) is 15.0 Å². The van der Waals surface area contributed by atoms with Crippen LogP contribution in [0.3, 0.4) is 0 Å². The zero-order valence-corrected chi connectivity index (χ0v) is 15.8. The first-order valence-electron chi connectivity index (χ1n) is 8.81. The van der Waals surface area contributed by atoms with Gasteiger partial charge in [-0.05, 0) is 49.9 Å². The summed E-state index contributed by atoms with van der Waals surface area (Å²) in [4.78, 5) is 13.5. The van der Waals surface area contributed by atoms with Crippen molar-refractivity contribution < 1.29 is 8.42 Å². The van der Waals surface area contributed by atoms with Crippen molar-refractivity contribution in [2.24, 2.45) is 5.92 Å². The first kappa shape index (κ1) is 17.6. The van der Waals surface area contributed by atoms with E-state index in [1.807, 2.05) is 19.1 Å². The van der Waals surface area contributed by atoms with Gasteiger partial charge in [0.15, 0.2) is 9.84 Å². The van der Waals surface area contributed by atoms with E-state index in [4.69, 9.17) is 5.73 Å². The molecular weight excluding hydrogens is 360 g/mol. The van der Waals surface area contributed by atoms with E-state index in [2.05, 4.69) is 15.0 Å². The predicted molar refractivity (Wildman–Crippen MR) is 105 cm³/mol. The summed E-state index contributed by atoms with van der Waals surface area (Å²) in [5.74, 6) is 0.884. The monoisotopic (exact) mass is 380 g/mol. The number of hydrogen-bond donors (Lipinski definition) is 1. The molecule has 4 rings (SSSR count). The Morgan fingerprint density at radius 3 is 2.33 bits per heavy atom. The molecule has 1 aromatic carbocycles. The molecule has 138 valence electrons. The highest BCUT2D eigenvalue weighted by atomic mass is 32.2. The van der Waals surface area contributed by atoms with E-state index >= 15 is 0 Å². The van der Waals surface area contributed by atoms with Gasteiger partial charge < -0.3 is 5.73 Å². The van der Waals surface area contributed by atoms with Gasteiger partial charge in [-0.1, -0.05) is 12.1 Å². The van der Waals surface area contributed by atoms with Crippen LogP contribution in [0.15, 0.2) is 53.7 Å². The molecule has 7 heteroatoms. The van der Waals surface area contributed by atoms with Crippen LogP contribution in [0.25, 0.3) is 22.5 Å². The highest BCUT2D eigenvalue weighted by Crippen LogP contribution is 2.33. The number of anilines is 1. The Hall–Kier alpha value is -2.80. The molecular formula is C20H20N4O2S. The molecule has 0 radical (unpaired) electrons. The van der Waals surface area contributed by atoms with Crippen LogP contribution in [-0.2, 0) is 9.84 Å². The molecule has 2 N–H and O–H groups in total. The van der Waals surface area contributed by atoms with Gasteiger partial charge in [0.1, 0.15) is 11.5 Å². The second-order valence-electron chi connectivity index (χ2n) is 6.93. The molecule has 0 atom stereocenters. The number of aromatic nitrogens is 3.